The van der Waals surface area contributed by atoms with Crippen molar-refractivity contribution in [2.45, 2.75) is 125 Å². The van der Waals surface area contributed by atoms with Gasteiger partial charge in [0.15, 0.2) is 31.5 Å². The van der Waals surface area contributed by atoms with Gasteiger partial charge >= 0.3 is 5.97 Å². The molecular formula is C55H55F5O18. The summed E-state index contributed by atoms with van der Waals surface area (Å²) in [6.07, 6.45) is -25.9. The molecule has 0 aromatic heterocycles. The molecule has 0 bridgehead atoms. The van der Waals surface area contributed by atoms with Gasteiger partial charge in [0.2, 0.25) is 0 Å². The van der Waals surface area contributed by atoms with E-state index >= 15 is 13.2 Å². The van der Waals surface area contributed by atoms with Crippen LogP contribution < -0.4 is 0 Å². The average Bonchev–Trinajstić information content (AvgIpc) is 3.53. The smallest absolute Gasteiger partial charge is 0.329 e. The summed E-state index contributed by atoms with van der Waals surface area (Å²) in [5, 5.41) is 44.9. The molecule has 0 saturated carbocycles. The quantitative estimate of drug-likeness (QED) is 0.0759. The Morgan fingerprint density at radius 1 is 0.526 bits per heavy atom. The van der Waals surface area contributed by atoms with Crippen LogP contribution in [-0.2, 0) is 86.2 Å². The van der Waals surface area contributed by atoms with Crippen molar-refractivity contribution in [1.29, 1.82) is 0 Å². The minimum absolute atomic E-state index is 0.0176. The fraction of sp³-hybridized carbons (Fsp3) is 0.436. The highest BCUT2D eigenvalue weighted by Gasteiger charge is 2.58. The second-order valence-corrected chi connectivity index (χ2v) is 19.0. The first kappa shape index (κ1) is 55.9. The molecule has 5 saturated heterocycles. The van der Waals surface area contributed by atoms with E-state index in [0.717, 1.165) is 0 Å². The van der Waals surface area contributed by atoms with Crippen LogP contribution in [0.25, 0.3) is 0 Å². The highest BCUT2D eigenvalue weighted by atomic mass is 19.1. The number of hydrogen-bond acceptors (Lipinski definition) is 17. The van der Waals surface area contributed by atoms with E-state index in [0.29, 0.717) is 11.1 Å². The van der Waals surface area contributed by atoms with Gasteiger partial charge in [-0.15, -0.1) is 0 Å². The fourth-order valence-corrected chi connectivity index (χ4v) is 9.78. The molecule has 0 radical (unpaired) electrons. The Morgan fingerprint density at radius 3 is 1.79 bits per heavy atom. The van der Waals surface area contributed by atoms with E-state index in [-0.39, 0.29) is 43.1 Å². The van der Waals surface area contributed by atoms with Crippen molar-refractivity contribution in [3.05, 3.63) is 178 Å². The summed E-state index contributed by atoms with van der Waals surface area (Å²) in [5.41, 5.74) is 1.06. The van der Waals surface area contributed by atoms with Crippen molar-refractivity contribution < 1.29 is 109 Å². The molecule has 5 aliphatic rings. The number of rotatable bonds is 19. The third-order valence-electron chi connectivity index (χ3n) is 13.7. The van der Waals surface area contributed by atoms with Crippen LogP contribution in [0.1, 0.15) is 40.4 Å². The minimum atomic E-state index is -1.97. The Balaban J connectivity index is 0.987. The fourth-order valence-electron chi connectivity index (χ4n) is 9.78. The number of halogens is 5. The van der Waals surface area contributed by atoms with Gasteiger partial charge in [-0.3, -0.25) is 0 Å². The van der Waals surface area contributed by atoms with Gasteiger partial charge in [0.25, 0.3) is 0 Å². The molecule has 0 unspecified atom stereocenters. The first-order valence-corrected chi connectivity index (χ1v) is 25.0. The molecule has 5 heterocycles. The number of carboxylic acids is 1. The van der Waals surface area contributed by atoms with Crippen molar-refractivity contribution in [2.75, 3.05) is 26.4 Å². The molecule has 5 aromatic rings. The van der Waals surface area contributed by atoms with Crippen LogP contribution in [-0.4, -0.2) is 145 Å². The number of fused-ring (bicyclic) bond motifs is 2. The normalized spacial score (nSPS) is 32.9. The van der Waals surface area contributed by atoms with E-state index in [2.05, 4.69) is 0 Å². The van der Waals surface area contributed by atoms with Crippen LogP contribution in [0.3, 0.4) is 0 Å². The summed E-state index contributed by atoms with van der Waals surface area (Å²) in [6, 6.07) is 28.2. The van der Waals surface area contributed by atoms with E-state index < -0.39 is 160 Å². The van der Waals surface area contributed by atoms with Crippen LogP contribution in [0.4, 0.5) is 22.0 Å². The Bertz CT molecular complexity index is 2780. The number of aliphatic hydroxyl groups is 3. The maximum atomic E-state index is 15.4. The van der Waals surface area contributed by atoms with Crippen molar-refractivity contribution in [2.24, 2.45) is 0 Å². The van der Waals surface area contributed by atoms with Crippen LogP contribution in [0.2, 0.25) is 0 Å². The van der Waals surface area contributed by atoms with Gasteiger partial charge in [0.05, 0.1) is 39.6 Å². The van der Waals surface area contributed by atoms with E-state index in [1.165, 1.54) is 97.1 Å². The molecule has 4 N–H and O–H groups in total. The molecule has 418 valence electrons. The topological polar surface area (TPSA) is 218 Å². The molecule has 78 heavy (non-hydrogen) atoms. The van der Waals surface area contributed by atoms with Crippen LogP contribution in [0.5, 0.6) is 0 Å². The largest absolute Gasteiger partial charge is 0.480 e. The molecular weight excluding hydrogens is 1040 g/mol. The molecule has 0 aliphatic carbocycles. The zero-order chi connectivity index (χ0) is 54.5. The number of ether oxygens (including phenoxy) is 13. The molecule has 23 heteroatoms. The zero-order valence-electron chi connectivity index (χ0n) is 41.2. The molecule has 5 aliphatic heterocycles. The van der Waals surface area contributed by atoms with E-state index in [4.69, 9.17) is 61.6 Å². The Labute approximate surface area is 442 Å². The summed E-state index contributed by atoms with van der Waals surface area (Å²) in [6.45, 7) is -2.84. The Morgan fingerprint density at radius 2 is 1.13 bits per heavy atom. The SMILES string of the molecule is O=C(O)CO[C@H]1O[C@H](COCc2ccc(F)cc2)[C@@H](O[C@@H]2O[C@@H]3CO[C@H](c4ccccc4F)O[C@@H]3[C@H](O[C@H]3O[C@@H]4CO[C@H](c5cccc(F)c5)O[C@@H]4[C@H](OCc4ccccc4F)[C@H]3OCc3ccccc3F)[C@H]2O)[C@H](O)[C@H]1O. The lowest BCUT2D eigenvalue weighted by molar-refractivity contribution is -0.417. The van der Waals surface area contributed by atoms with Crippen LogP contribution in [0.15, 0.2) is 121 Å². The number of benzene rings is 5. The van der Waals surface area contributed by atoms with Crippen molar-refractivity contribution in [1.82, 2.24) is 0 Å². The lowest BCUT2D eigenvalue weighted by atomic mass is 9.94. The number of carboxylic acid groups (broad SMARTS) is 1. The summed E-state index contributed by atoms with van der Waals surface area (Å²) in [4.78, 5) is 11.5. The summed E-state index contributed by atoms with van der Waals surface area (Å²) < 4.78 is 156. The molecule has 5 fully saturated rings. The third kappa shape index (κ3) is 12.9. The number of hydrogen-bond donors (Lipinski definition) is 4. The van der Waals surface area contributed by atoms with Crippen molar-refractivity contribution in [3.63, 3.8) is 0 Å². The van der Waals surface area contributed by atoms with E-state index in [9.17, 15) is 34.0 Å². The van der Waals surface area contributed by atoms with Crippen LogP contribution >= 0.6 is 0 Å². The predicted molar refractivity (Wildman–Crippen MR) is 253 cm³/mol. The molecule has 0 spiro atoms. The first-order chi connectivity index (χ1) is 37.8. The van der Waals surface area contributed by atoms with Crippen molar-refractivity contribution >= 4 is 5.97 Å². The third-order valence-corrected chi connectivity index (χ3v) is 13.7. The van der Waals surface area contributed by atoms with E-state index in [1.807, 2.05) is 0 Å². The number of aliphatic hydroxyl groups excluding tert-OH is 3. The predicted octanol–water partition coefficient (Wildman–Crippen LogP) is 5.43. The van der Waals surface area contributed by atoms with Crippen LogP contribution in [0, 0.1) is 29.1 Å². The summed E-state index contributed by atoms with van der Waals surface area (Å²) in [7, 11) is 0. The second-order valence-electron chi connectivity index (χ2n) is 19.0. The van der Waals surface area contributed by atoms with Gasteiger partial charge in [-0.05, 0) is 48.0 Å². The maximum Gasteiger partial charge on any atom is 0.329 e. The number of carbonyl (C=O) groups is 1. The summed E-state index contributed by atoms with van der Waals surface area (Å²) >= 11 is 0. The Hall–Kier alpha value is -5.42. The minimum Gasteiger partial charge on any atom is -0.480 e. The second kappa shape index (κ2) is 25.4. The zero-order valence-corrected chi connectivity index (χ0v) is 41.2. The van der Waals surface area contributed by atoms with Gasteiger partial charge in [0.1, 0.15) is 109 Å². The lowest BCUT2D eigenvalue weighted by Crippen LogP contribution is -2.69. The highest BCUT2D eigenvalue weighted by Crippen LogP contribution is 2.42. The standard InChI is InChI=1S/C55H55F5O18/c56-32-18-16-28(17-19-32)21-66-24-38-45(42(63)43(64)53(72-38)71-27-41(61)62)75-54-44(65)48(46-39(73-54)26-70-52(77-46)34-12-3-6-15-37(34)60)78-55-50(68-23-31-9-2-5-14-36(31)59)49(67-22-30-8-1-4-13-35(30)58)47-40(74-55)25-69-51(76-47)29-10-7-11-33(57)20-29/h1-20,38-40,42-55,63-65H,21-27H2,(H,61,62)/t38-,39-,40-,42-,43-,44-,45-,46+,47+,48-,49+,50-,51+,52+,53+,54+,55-/m1/s1. The molecule has 10 rings (SSSR count). The van der Waals surface area contributed by atoms with Crippen molar-refractivity contribution in [3.8, 4) is 0 Å². The Kier molecular flexibility index (Phi) is 18.2. The molecule has 5 aromatic carbocycles. The first-order valence-electron chi connectivity index (χ1n) is 25.0. The molecule has 0 amide bonds. The highest BCUT2D eigenvalue weighted by molar-refractivity contribution is 5.68. The maximum absolute atomic E-state index is 15.4. The average molecular weight is 1100 g/mol. The van der Waals surface area contributed by atoms with E-state index in [1.54, 1.807) is 24.3 Å². The summed E-state index contributed by atoms with van der Waals surface area (Å²) in [5.74, 6) is -4.38. The molecule has 17 atom stereocenters. The van der Waals surface area contributed by atoms with Gasteiger partial charge in [-0.2, -0.15) is 0 Å². The lowest BCUT2D eigenvalue weighted by Gasteiger charge is -2.52. The van der Waals surface area contributed by atoms with Gasteiger partial charge in [-0.25, -0.2) is 26.7 Å². The van der Waals surface area contributed by atoms with Gasteiger partial charge in [-0.1, -0.05) is 78.9 Å². The molecule has 18 nitrogen and oxygen atoms in total. The van der Waals surface area contributed by atoms with Gasteiger partial charge in [0, 0.05) is 22.3 Å². The van der Waals surface area contributed by atoms with Gasteiger partial charge < -0.3 is 82.0 Å². The number of aliphatic carboxylic acids is 1. The monoisotopic (exact) mass is 1100 g/mol.